The third kappa shape index (κ3) is 1.67. The first-order valence-corrected chi connectivity index (χ1v) is 6.03. The van der Waals surface area contributed by atoms with Gasteiger partial charge in [-0.15, -0.1) is 0 Å². The highest BCUT2D eigenvalue weighted by Gasteiger charge is 2.48. The van der Waals surface area contributed by atoms with E-state index < -0.39 is 0 Å². The molecule has 2 fully saturated rings. The van der Waals surface area contributed by atoms with Crippen molar-refractivity contribution in [3.05, 3.63) is 35.9 Å². The number of ether oxygens (including phenoxy) is 1. The van der Waals surface area contributed by atoms with Gasteiger partial charge in [0, 0.05) is 12.3 Å². The smallest absolute Gasteiger partial charge is 0.138 e. The maximum absolute atomic E-state index is 11.6. The third-order valence-corrected chi connectivity index (χ3v) is 3.87. The Morgan fingerprint density at radius 3 is 2.62 bits per heavy atom. The monoisotopic (exact) mass is 216 g/mol. The number of hydrogen-bond donors (Lipinski definition) is 0. The second kappa shape index (κ2) is 4.02. The second-order valence-electron chi connectivity index (χ2n) is 4.88. The van der Waals surface area contributed by atoms with Crippen LogP contribution in [0.25, 0.3) is 0 Å². The molecule has 0 aliphatic heterocycles. The normalized spacial score (nSPS) is 32.2. The molecule has 0 saturated heterocycles. The summed E-state index contributed by atoms with van der Waals surface area (Å²) in [4.78, 5) is 11.6. The van der Waals surface area contributed by atoms with Gasteiger partial charge in [-0.2, -0.15) is 0 Å². The first-order valence-electron chi connectivity index (χ1n) is 6.03. The Kier molecular flexibility index (Phi) is 2.52. The van der Waals surface area contributed by atoms with Crippen LogP contribution in [0.4, 0.5) is 0 Å². The summed E-state index contributed by atoms with van der Waals surface area (Å²) in [5.41, 5.74) is 1.20. The van der Waals surface area contributed by atoms with Crippen LogP contribution < -0.4 is 0 Å². The second-order valence-corrected chi connectivity index (χ2v) is 4.88. The average Bonchev–Trinajstić information content (AvgIpc) is 2.83. The van der Waals surface area contributed by atoms with Gasteiger partial charge in [0.25, 0.3) is 0 Å². The van der Waals surface area contributed by atoms with E-state index in [1.807, 2.05) is 18.2 Å². The summed E-state index contributed by atoms with van der Waals surface area (Å²) in [6.07, 6.45) is 3.18. The first-order chi connectivity index (χ1) is 7.84. The molecule has 0 aromatic heterocycles. The molecule has 3 atom stereocenters. The summed E-state index contributed by atoms with van der Waals surface area (Å²) in [6, 6.07) is 10.2. The Balaban J connectivity index is 1.63. The summed E-state index contributed by atoms with van der Waals surface area (Å²) in [7, 11) is 0. The number of hydrogen-bond acceptors (Lipinski definition) is 2. The molecular formula is C14H16O2. The highest BCUT2D eigenvalue weighted by molar-refractivity contribution is 5.85. The molecule has 3 rings (SSSR count). The molecular weight excluding hydrogens is 200 g/mol. The number of Topliss-reactive ketones (excluding diaryl/α,β-unsaturated/α-hetero) is 1. The molecule has 1 aromatic rings. The molecule has 0 spiro atoms. The van der Waals surface area contributed by atoms with Crippen LogP contribution in [0.2, 0.25) is 0 Å². The van der Waals surface area contributed by atoms with Gasteiger partial charge in [0.2, 0.25) is 0 Å². The lowest BCUT2D eigenvalue weighted by Gasteiger charge is -2.15. The van der Waals surface area contributed by atoms with E-state index in [0.29, 0.717) is 18.3 Å². The van der Waals surface area contributed by atoms with Gasteiger partial charge in [0.05, 0.1) is 12.7 Å². The third-order valence-electron chi connectivity index (χ3n) is 3.87. The summed E-state index contributed by atoms with van der Waals surface area (Å²) in [5, 5.41) is 0. The van der Waals surface area contributed by atoms with Crippen LogP contribution in [-0.2, 0) is 16.1 Å². The van der Waals surface area contributed by atoms with E-state index in [9.17, 15) is 4.79 Å². The van der Waals surface area contributed by atoms with Crippen LogP contribution in [0.5, 0.6) is 0 Å². The Morgan fingerprint density at radius 1 is 1.19 bits per heavy atom. The molecule has 0 amide bonds. The zero-order valence-electron chi connectivity index (χ0n) is 9.26. The minimum Gasteiger partial charge on any atom is -0.372 e. The lowest BCUT2D eigenvalue weighted by Crippen LogP contribution is -2.20. The largest absolute Gasteiger partial charge is 0.372 e. The summed E-state index contributed by atoms with van der Waals surface area (Å²) < 4.78 is 5.93. The van der Waals surface area contributed by atoms with Gasteiger partial charge in [0.1, 0.15) is 5.78 Å². The van der Waals surface area contributed by atoms with Crippen molar-refractivity contribution in [1.82, 2.24) is 0 Å². The van der Waals surface area contributed by atoms with Gasteiger partial charge in [-0.25, -0.2) is 0 Å². The van der Waals surface area contributed by atoms with Crippen LogP contribution in [0.1, 0.15) is 24.8 Å². The highest BCUT2D eigenvalue weighted by atomic mass is 16.5. The Bertz CT molecular complexity index is 385. The molecule has 1 aromatic carbocycles. The molecule has 2 nitrogen and oxygen atoms in total. The van der Waals surface area contributed by atoms with Gasteiger partial charge < -0.3 is 4.74 Å². The van der Waals surface area contributed by atoms with Crippen LogP contribution in [-0.4, -0.2) is 11.9 Å². The zero-order valence-corrected chi connectivity index (χ0v) is 9.26. The fraction of sp³-hybridized carbons (Fsp3) is 0.500. The maximum atomic E-state index is 11.6. The fourth-order valence-corrected chi connectivity index (χ4v) is 3.04. The number of carbonyl (C=O) groups excluding carboxylic acids is 1. The highest BCUT2D eigenvalue weighted by Crippen LogP contribution is 2.44. The number of ketones is 1. The number of benzene rings is 1. The molecule has 2 aliphatic carbocycles. The van der Waals surface area contributed by atoms with E-state index in [1.165, 1.54) is 12.0 Å². The Hall–Kier alpha value is -1.15. The maximum Gasteiger partial charge on any atom is 0.138 e. The van der Waals surface area contributed by atoms with Crippen LogP contribution in [0, 0.1) is 11.8 Å². The average molecular weight is 216 g/mol. The van der Waals surface area contributed by atoms with Crippen molar-refractivity contribution < 1.29 is 9.53 Å². The molecule has 84 valence electrons. The van der Waals surface area contributed by atoms with Crippen LogP contribution in [0.3, 0.4) is 0 Å². The van der Waals surface area contributed by atoms with E-state index in [-0.39, 0.29) is 12.0 Å². The van der Waals surface area contributed by atoms with Crippen molar-refractivity contribution in [2.24, 2.45) is 11.8 Å². The van der Waals surface area contributed by atoms with Crippen molar-refractivity contribution in [3.63, 3.8) is 0 Å². The van der Waals surface area contributed by atoms with Crippen molar-refractivity contribution in [2.75, 3.05) is 0 Å². The van der Waals surface area contributed by atoms with Gasteiger partial charge in [0.15, 0.2) is 0 Å². The van der Waals surface area contributed by atoms with Gasteiger partial charge in [-0.05, 0) is 24.3 Å². The molecule has 2 saturated carbocycles. The fourth-order valence-electron chi connectivity index (χ4n) is 3.04. The minimum atomic E-state index is 0.202. The molecule has 2 heteroatoms. The van der Waals surface area contributed by atoms with E-state index in [0.717, 1.165) is 12.8 Å². The number of carbonyl (C=O) groups is 1. The predicted molar refractivity (Wildman–Crippen MR) is 60.9 cm³/mol. The van der Waals surface area contributed by atoms with E-state index in [1.54, 1.807) is 0 Å². The predicted octanol–water partition coefficient (Wildman–Crippen LogP) is 2.57. The quantitative estimate of drug-likeness (QED) is 0.776. The number of rotatable bonds is 3. The molecule has 2 bridgehead atoms. The topological polar surface area (TPSA) is 26.3 Å². The standard InChI is InChI=1S/C14H16O2/c15-13-8-11-6-7-12(13)14(11)16-9-10-4-2-1-3-5-10/h1-5,11-12,14H,6-9H2. The summed E-state index contributed by atoms with van der Waals surface area (Å²) in [5.74, 6) is 1.13. The summed E-state index contributed by atoms with van der Waals surface area (Å²) in [6.45, 7) is 0.645. The lowest BCUT2D eigenvalue weighted by molar-refractivity contribution is -0.123. The SMILES string of the molecule is O=C1CC2CCC1C2OCc1ccccc1. The van der Waals surface area contributed by atoms with Crippen molar-refractivity contribution in [3.8, 4) is 0 Å². The van der Waals surface area contributed by atoms with Gasteiger partial charge in [-0.1, -0.05) is 30.3 Å². The minimum absolute atomic E-state index is 0.202. The van der Waals surface area contributed by atoms with Crippen LogP contribution >= 0.6 is 0 Å². The van der Waals surface area contributed by atoms with Crippen molar-refractivity contribution in [2.45, 2.75) is 32.0 Å². The zero-order chi connectivity index (χ0) is 11.0. The molecule has 0 radical (unpaired) electrons. The molecule has 2 aliphatic rings. The van der Waals surface area contributed by atoms with E-state index >= 15 is 0 Å². The lowest BCUT2D eigenvalue weighted by atomic mass is 10.00. The van der Waals surface area contributed by atoms with Crippen molar-refractivity contribution in [1.29, 1.82) is 0 Å². The van der Waals surface area contributed by atoms with Gasteiger partial charge >= 0.3 is 0 Å². The molecule has 0 N–H and O–H groups in total. The summed E-state index contributed by atoms with van der Waals surface area (Å²) >= 11 is 0. The van der Waals surface area contributed by atoms with E-state index in [4.69, 9.17) is 4.74 Å². The van der Waals surface area contributed by atoms with Crippen molar-refractivity contribution >= 4 is 5.78 Å². The van der Waals surface area contributed by atoms with Crippen LogP contribution in [0.15, 0.2) is 30.3 Å². The Morgan fingerprint density at radius 2 is 2.00 bits per heavy atom. The van der Waals surface area contributed by atoms with Gasteiger partial charge in [-0.3, -0.25) is 4.79 Å². The first kappa shape index (κ1) is 10.0. The molecule has 16 heavy (non-hydrogen) atoms. The molecule has 0 heterocycles. The molecule has 3 unspecified atom stereocenters. The number of fused-ring (bicyclic) bond motifs is 2. The van der Waals surface area contributed by atoms with E-state index in [2.05, 4.69) is 12.1 Å². The Labute approximate surface area is 95.6 Å².